The van der Waals surface area contributed by atoms with Gasteiger partial charge < -0.3 is 4.90 Å². The minimum atomic E-state index is -0.0126. The van der Waals surface area contributed by atoms with Gasteiger partial charge in [-0.2, -0.15) is 0 Å². The average Bonchev–Trinajstić information content (AvgIpc) is 2.31. The van der Waals surface area contributed by atoms with E-state index >= 15 is 0 Å². The molecule has 96 valence electrons. The van der Waals surface area contributed by atoms with Gasteiger partial charge in [0.25, 0.3) is 0 Å². The lowest BCUT2D eigenvalue weighted by Gasteiger charge is -2.19. The number of carbonyl (C=O) groups is 1. The maximum atomic E-state index is 11.1. The molecule has 1 heterocycles. The van der Waals surface area contributed by atoms with Crippen molar-refractivity contribution >= 4 is 5.78 Å². The second-order valence-corrected chi connectivity index (χ2v) is 4.36. The van der Waals surface area contributed by atoms with Crippen LogP contribution in [0.2, 0.25) is 0 Å². The van der Waals surface area contributed by atoms with Gasteiger partial charge in [-0.1, -0.05) is 6.58 Å². The SMILES string of the molecule is C=C(/C=C(/C)N(C)Cc1cnc(C)nc1)C(C)=O. The third-order valence-corrected chi connectivity index (χ3v) is 2.69. The van der Waals surface area contributed by atoms with E-state index in [1.54, 1.807) is 6.08 Å². The molecule has 0 fully saturated rings. The van der Waals surface area contributed by atoms with E-state index in [1.165, 1.54) is 6.92 Å². The van der Waals surface area contributed by atoms with Crippen LogP contribution in [0.1, 0.15) is 25.2 Å². The standard InChI is InChI=1S/C14H19N3O/c1-10(12(3)18)6-11(2)17(5)9-14-7-15-13(4)16-8-14/h6-8H,1,9H2,2-5H3/b11-6-. The minimum Gasteiger partial charge on any atom is -0.374 e. The Morgan fingerprint density at radius 1 is 1.39 bits per heavy atom. The van der Waals surface area contributed by atoms with Gasteiger partial charge in [0.2, 0.25) is 0 Å². The summed E-state index contributed by atoms with van der Waals surface area (Å²) in [5, 5.41) is 0. The molecule has 0 aliphatic carbocycles. The largest absolute Gasteiger partial charge is 0.374 e. The van der Waals surface area contributed by atoms with Gasteiger partial charge in [-0.25, -0.2) is 9.97 Å². The van der Waals surface area contributed by atoms with Gasteiger partial charge in [0.1, 0.15) is 5.82 Å². The molecule has 0 radical (unpaired) electrons. The molecule has 18 heavy (non-hydrogen) atoms. The van der Waals surface area contributed by atoms with E-state index in [1.807, 2.05) is 38.2 Å². The quantitative estimate of drug-likeness (QED) is 0.589. The lowest BCUT2D eigenvalue weighted by molar-refractivity contribution is -0.113. The number of aryl methyl sites for hydroxylation is 1. The predicted molar refractivity (Wildman–Crippen MR) is 71.8 cm³/mol. The zero-order valence-corrected chi connectivity index (χ0v) is 11.4. The molecular weight excluding hydrogens is 226 g/mol. The molecule has 1 aromatic rings. The number of hydrogen-bond acceptors (Lipinski definition) is 4. The molecule has 0 aliphatic heterocycles. The van der Waals surface area contributed by atoms with Crippen LogP contribution in [0.4, 0.5) is 0 Å². The molecular formula is C14H19N3O. The Hall–Kier alpha value is -1.97. The fourth-order valence-corrected chi connectivity index (χ4v) is 1.36. The summed E-state index contributed by atoms with van der Waals surface area (Å²) in [4.78, 5) is 21.4. The number of nitrogens with zero attached hydrogens (tertiary/aromatic N) is 3. The molecule has 1 aromatic heterocycles. The van der Waals surface area contributed by atoms with E-state index in [0.717, 1.165) is 17.1 Å². The highest BCUT2D eigenvalue weighted by molar-refractivity contribution is 5.95. The van der Waals surface area contributed by atoms with Crippen molar-refractivity contribution in [1.82, 2.24) is 14.9 Å². The minimum absolute atomic E-state index is 0.0126. The van der Waals surface area contributed by atoms with Crippen LogP contribution < -0.4 is 0 Å². The number of rotatable bonds is 5. The Morgan fingerprint density at radius 3 is 2.44 bits per heavy atom. The van der Waals surface area contributed by atoms with Crippen LogP contribution in [-0.2, 0) is 11.3 Å². The predicted octanol–water partition coefficient (Wildman–Crippen LogP) is 2.27. The summed E-state index contributed by atoms with van der Waals surface area (Å²) < 4.78 is 0. The van der Waals surface area contributed by atoms with Crippen molar-refractivity contribution in [3.63, 3.8) is 0 Å². The number of carbonyl (C=O) groups excluding carboxylic acids is 1. The van der Waals surface area contributed by atoms with Crippen molar-refractivity contribution in [2.75, 3.05) is 7.05 Å². The van der Waals surface area contributed by atoms with E-state index in [2.05, 4.69) is 16.5 Å². The van der Waals surface area contributed by atoms with E-state index in [9.17, 15) is 4.79 Å². The number of aromatic nitrogens is 2. The average molecular weight is 245 g/mol. The van der Waals surface area contributed by atoms with Crippen LogP contribution >= 0.6 is 0 Å². The van der Waals surface area contributed by atoms with Gasteiger partial charge >= 0.3 is 0 Å². The molecule has 0 spiro atoms. The van der Waals surface area contributed by atoms with E-state index < -0.39 is 0 Å². The van der Waals surface area contributed by atoms with Crippen LogP contribution in [-0.4, -0.2) is 27.7 Å². The molecule has 0 N–H and O–H groups in total. The molecule has 1 rings (SSSR count). The summed E-state index contributed by atoms with van der Waals surface area (Å²) in [7, 11) is 1.96. The highest BCUT2D eigenvalue weighted by Gasteiger charge is 2.04. The fourth-order valence-electron chi connectivity index (χ4n) is 1.36. The zero-order valence-electron chi connectivity index (χ0n) is 11.4. The highest BCUT2D eigenvalue weighted by atomic mass is 16.1. The summed E-state index contributed by atoms with van der Waals surface area (Å²) in [5.74, 6) is 0.750. The summed E-state index contributed by atoms with van der Waals surface area (Å²) in [5.41, 5.74) is 2.53. The van der Waals surface area contributed by atoms with Gasteiger partial charge in [-0.3, -0.25) is 4.79 Å². The molecule has 0 amide bonds. The van der Waals surface area contributed by atoms with Crippen LogP contribution in [0.5, 0.6) is 0 Å². The monoisotopic (exact) mass is 245 g/mol. The van der Waals surface area contributed by atoms with E-state index in [4.69, 9.17) is 0 Å². The maximum Gasteiger partial charge on any atom is 0.159 e. The van der Waals surface area contributed by atoms with Gasteiger partial charge in [0.05, 0.1) is 0 Å². The Labute approximate surface area is 108 Å². The molecule has 4 heteroatoms. The summed E-state index contributed by atoms with van der Waals surface area (Å²) in [6.07, 6.45) is 5.41. The maximum absolute atomic E-state index is 11.1. The number of ketones is 1. The fraction of sp³-hybridized carbons (Fsp3) is 0.357. The van der Waals surface area contributed by atoms with Gasteiger partial charge in [0, 0.05) is 42.8 Å². The Morgan fingerprint density at radius 2 is 1.94 bits per heavy atom. The van der Waals surface area contributed by atoms with Crippen LogP contribution in [0.25, 0.3) is 0 Å². The van der Waals surface area contributed by atoms with Crippen molar-refractivity contribution in [2.45, 2.75) is 27.3 Å². The number of Topliss-reactive ketones (excluding diaryl/α,β-unsaturated/α-hetero) is 1. The molecule has 4 nitrogen and oxygen atoms in total. The third kappa shape index (κ3) is 4.13. The molecule has 0 aliphatic rings. The second-order valence-electron chi connectivity index (χ2n) is 4.36. The molecule has 0 aromatic carbocycles. The van der Waals surface area contributed by atoms with E-state index in [-0.39, 0.29) is 5.78 Å². The number of allylic oxidation sites excluding steroid dienone is 3. The highest BCUT2D eigenvalue weighted by Crippen LogP contribution is 2.09. The van der Waals surface area contributed by atoms with Crippen molar-refractivity contribution in [1.29, 1.82) is 0 Å². The van der Waals surface area contributed by atoms with E-state index in [0.29, 0.717) is 12.1 Å². The topological polar surface area (TPSA) is 46.1 Å². The smallest absolute Gasteiger partial charge is 0.159 e. The normalized spacial score (nSPS) is 11.2. The molecule has 0 bridgehead atoms. The van der Waals surface area contributed by atoms with Gasteiger partial charge in [-0.05, 0) is 26.8 Å². The van der Waals surface area contributed by atoms with Crippen molar-refractivity contribution in [3.8, 4) is 0 Å². The molecule has 0 unspecified atom stereocenters. The van der Waals surface area contributed by atoms with Gasteiger partial charge in [-0.15, -0.1) is 0 Å². The molecule has 0 atom stereocenters. The second kappa shape index (κ2) is 6.10. The Balaban J connectivity index is 2.70. The summed E-state index contributed by atoms with van der Waals surface area (Å²) in [6, 6.07) is 0. The zero-order chi connectivity index (χ0) is 13.7. The van der Waals surface area contributed by atoms with Crippen LogP contribution in [0.15, 0.2) is 36.3 Å². The first kappa shape index (κ1) is 14.1. The first-order valence-electron chi connectivity index (χ1n) is 5.77. The summed E-state index contributed by atoms with van der Waals surface area (Å²) >= 11 is 0. The first-order chi connectivity index (χ1) is 8.40. The molecule has 0 saturated carbocycles. The van der Waals surface area contributed by atoms with Gasteiger partial charge in [0.15, 0.2) is 5.78 Å². The number of hydrogen-bond donors (Lipinski definition) is 0. The summed E-state index contributed by atoms with van der Waals surface area (Å²) in [6.45, 7) is 9.74. The van der Waals surface area contributed by atoms with Crippen LogP contribution in [0, 0.1) is 6.92 Å². The lowest BCUT2D eigenvalue weighted by atomic mass is 10.2. The van der Waals surface area contributed by atoms with Crippen molar-refractivity contribution in [2.24, 2.45) is 0 Å². The first-order valence-corrected chi connectivity index (χ1v) is 5.77. The molecule has 0 saturated heterocycles. The van der Waals surface area contributed by atoms with Crippen molar-refractivity contribution < 1.29 is 4.79 Å². The van der Waals surface area contributed by atoms with Crippen LogP contribution in [0.3, 0.4) is 0 Å². The Bertz CT molecular complexity index is 474. The van der Waals surface area contributed by atoms with Crippen molar-refractivity contribution in [3.05, 3.63) is 47.7 Å². The Kier molecular flexibility index (Phi) is 4.77. The third-order valence-electron chi connectivity index (χ3n) is 2.69. The lowest BCUT2D eigenvalue weighted by Crippen LogP contribution is -2.16.